The van der Waals surface area contributed by atoms with Crippen molar-refractivity contribution < 1.29 is 27.4 Å². The number of hydrogen-bond donors (Lipinski definition) is 1. The summed E-state index contributed by atoms with van der Waals surface area (Å²) in [4.78, 5) is 0. The molecule has 88 valence electrons. The van der Waals surface area contributed by atoms with Gasteiger partial charge < -0.3 is 9.84 Å². The number of halogens is 4. The van der Waals surface area contributed by atoms with Gasteiger partial charge >= 0.3 is 0 Å². The number of benzene rings is 1. The Morgan fingerprint density at radius 2 is 1.56 bits per heavy atom. The normalized spacial score (nSPS) is 10.3. The van der Waals surface area contributed by atoms with E-state index in [4.69, 9.17) is 5.11 Å². The van der Waals surface area contributed by atoms with Gasteiger partial charge in [0.1, 0.15) is 6.61 Å². The van der Waals surface area contributed by atoms with Crippen LogP contribution in [0, 0.1) is 23.3 Å². The number of rotatable bonds is 4. The molecule has 0 unspecified atom stereocenters. The standard InChI is InChI=1S/C10H8F4O2/c1-2-5-6(11)8(13)10(16-4-3-15)9(14)7(5)12/h2,15H,1,3-4H2. The van der Waals surface area contributed by atoms with Gasteiger partial charge in [0.15, 0.2) is 17.4 Å². The van der Waals surface area contributed by atoms with Crippen LogP contribution < -0.4 is 4.74 Å². The van der Waals surface area contributed by atoms with Crippen LogP contribution in [0.4, 0.5) is 17.6 Å². The van der Waals surface area contributed by atoms with Crippen LogP contribution >= 0.6 is 0 Å². The summed E-state index contributed by atoms with van der Waals surface area (Å²) in [6.45, 7) is 2.02. The van der Waals surface area contributed by atoms with Gasteiger partial charge in [-0.1, -0.05) is 12.7 Å². The first-order valence-electron chi connectivity index (χ1n) is 4.26. The summed E-state index contributed by atoms with van der Waals surface area (Å²) in [6, 6.07) is 0. The summed E-state index contributed by atoms with van der Waals surface area (Å²) >= 11 is 0. The van der Waals surface area contributed by atoms with Crippen LogP contribution in [0.2, 0.25) is 0 Å². The average Bonchev–Trinajstić information content (AvgIpc) is 2.27. The molecule has 1 rings (SSSR count). The van der Waals surface area contributed by atoms with Crippen molar-refractivity contribution >= 4 is 6.08 Å². The van der Waals surface area contributed by atoms with Crippen molar-refractivity contribution in [1.82, 2.24) is 0 Å². The van der Waals surface area contributed by atoms with Gasteiger partial charge in [0.2, 0.25) is 11.6 Å². The smallest absolute Gasteiger partial charge is 0.204 e. The highest BCUT2D eigenvalue weighted by Crippen LogP contribution is 2.30. The zero-order valence-corrected chi connectivity index (χ0v) is 8.07. The second-order valence-corrected chi connectivity index (χ2v) is 2.77. The molecule has 0 aliphatic heterocycles. The monoisotopic (exact) mass is 236 g/mol. The van der Waals surface area contributed by atoms with Gasteiger partial charge in [-0.3, -0.25) is 0 Å². The second kappa shape index (κ2) is 4.98. The van der Waals surface area contributed by atoms with Crippen LogP contribution in [0.3, 0.4) is 0 Å². The largest absolute Gasteiger partial charge is 0.485 e. The molecule has 0 fully saturated rings. The molecular formula is C10H8F4O2. The molecule has 0 saturated carbocycles. The molecule has 0 aliphatic carbocycles. The number of aliphatic hydroxyl groups is 1. The Morgan fingerprint density at radius 1 is 1.06 bits per heavy atom. The van der Waals surface area contributed by atoms with Gasteiger partial charge in [0, 0.05) is 0 Å². The highest BCUT2D eigenvalue weighted by atomic mass is 19.2. The third kappa shape index (κ3) is 2.01. The van der Waals surface area contributed by atoms with Crippen molar-refractivity contribution in [3.63, 3.8) is 0 Å². The fourth-order valence-electron chi connectivity index (χ4n) is 1.08. The minimum Gasteiger partial charge on any atom is -0.485 e. The summed E-state index contributed by atoms with van der Waals surface area (Å²) in [5.41, 5.74) is -0.897. The fraction of sp³-hybridized carbons (Fsp3) is 0.200. The molecule has 0 aliphatic rings. The molecule has 0 amide bonds. The topological polar surface area (TPSA) is 29.5 Å². The molecule has 2 nitrogen and oxygen atoms in total. The molecule has 1 aromatic rings. The highest BCUT2D eigenvalue weighted by molar-refractivity contribution is 5.51. The van der Waals surface area contributed by atoms with Crippen LogP contribution in [0.25, 0.3) is 6.08 Å². The summed E-state index contributed by atoms with van der Waals surface area (Å²) < 4.78 is 57.0. The molecule has 1 aromatic carbocycles. The van der Waals surface area contributed by atoms with Crippen molar-refractivity contribution in [1.29, 1.82) is 0 Å². The third-order valence-electron chi connectivity index (χ3n) is 1.80. The van der Waals surface area contributed by atoms with Gasteiger partial charge in [-0.15, -0.1) is 0 Å². The van der Waals surface area contributed by atoms with E-state index in [-0.39, 0.29) is 0 Å². The summed E-state index contributed by atoms with van der Waals surface area (Å²) in [5, 5.41) is 8.38. The van der Waals surface area contributed by atoms with E-state index in [1.165, 1.54) is 0 Å². The first-order chi connectivity index (χ1) is 7.54. The van der Waals surface area contributed by atoms with Gasteiger partial charge in [-0.05, 0) is 0 Å². The maximum absolute atomic E-state index is 13.2. The lowest BCUT2D eigenvalue weighted by Gasteiger charge is -2.10. The molecule has 0 spiro atoms. The number of hydrogen-bond acceptors (Lipinski definition) is 2. The van der Waals surface area contributed by atoms with E-state index in [2.05, 4.69) is 11.3 Å². The van der Waals surface area contributed by atoms with E-state index < -0.39 is 47.8 Å². The molecule has 16 heavy (non-hydrogen) atoms. The van der Waals surface area contributed by atoms with Crippen molar-refractivity contribution in [2.45, 2.75) is 0 Å². The zero-order chi connectivity index (χ0) is 12.3. The maximum atomic E-state index is 13.2. The Hall–Kier alpha value is -1.56. The Morgan fingerprint density at radius 3 is 1.94 bits per heavy atom. The Labute approximate surface area is 88.8 Å². The van der Waals surface area contributed by atoms with E-state index in [9.17, 15) is 17.6 Å². The number of aliphatic hydroxyl groups excluding tert-OH is 1. The van der Waals surface area contributed by atoms with E-state index in [0.717, 1.165) is 0 Å². The predicted octanol–water partition coefficient (Wildman–Crippen LogP) is 2.26. The molecule has 0 atom stereocenters. The second-order valence-electron chi connectivity index (χ2n) is 2.77. The van der Waals surface area contributed by atoms with Gasteiger partial charge in [0.25, 0.3) is 0 Å². The molecule has 6 heteroatoms. The molecule has 0 radical (unpaired) electrons. The first kappa shape index (κ1) is 12.5. The molecule has 0 aromatic heterocycles. The Balaban J connectivity index is 3.35. The van der Waals surface area contributed by atoms with E-state index in [1.807, 2.05) is 0 Å². The van der Waals surface area contributed by atoms with Gasteiger partial charge in [-0.25, -0.2) is 8.78 Å². The Bertz CT molecular complexity index is 389. The van der Waals surface area contributed by atoms with Gasteiger partial charge in [0.05, 0.1) is 12.2 Å². The lowest BCUT2D eigenvalue weighted by molar-refractivity contribution is 0.187. The molecule has 0 heterocycles. The van der Waals surface area contributed by atoms with Crippen LogP contribution in [-0.2, 0) is 0 Å². The van der Waals surface area contributed by atoms with Crippen molar-refractivity contribution in [2.24, 2.45) is 0 Å². The third-order valence-corrected chi connectivity index (χ3v) is 1.80. The van der Waals surface area contributed by atoms with Crippen LogP contribution in [0.1, 0.15) is 5.56 Å². The van der Waals surface area contributed by atoms with Gasteiger partial charge in [-0.2, -0.15) is 8.78 Å². The van der Waals surface area contributed by atoms with Crippen molar-refractivity contribution in [2.75, 3.05) is 13.2 Å². The Kier molecular flexibility index (Phi) is 3.89. The van der Waals surface area contributed by atoms with Crippen LogP contribution in [0.5, 0.6) is 5.75 Å². The summed E-state index contributed by atoms with van der Waals surface area (Å²) in [5.74, 6) is -7.65. The lowest BCUT2D eigenvalue weighted by atomic mass is 10.1. The SMILES string of the molecule is C=Cc1c(F)c(F)c(OCCO)c(F)c1F. The van der Waals surface area contributed by atoms with Crippen LogP contribution in [-0.4, -0.2) is 18.3 Å². The van der Waals surface area contributed by atoms with Crippen LogP contribution in [0.15, 0.2) is 6.58 Å². The predicted molar refractivity (Wildman–Crippen MR) is 48.9 cm³/mol. The van der Waals surface area contributed by atoms with Crippen molar-refractivity contribution in [3.8, 4) is 5.75 Å². The number of ether oxygens (including phenoxy) is 1. The minimum absolute atomic E-state index is 0.472. The van der Waals surface area contributed by atoms with E-state index in [0.29, 0.717) is 6.08 Å². The first-order valence-corrected chi connectivity index (χ1v) is 4.26. The minimum atomic E-state index is -1.65. The molecule has 0 saturated heterocycles. The fourth-order valence-corrected chi connectivity index (χ4v) is 1.08. The molecule has 1 N–H and O–H groups in total. The zero-order valence-electron chi connectivity index (χ0n) is 8.07. The maximum Gasteiger partial charge on any atom is 0.204 e. The van der Waals surface area contributed by atoms with E-state index >= 15 is 0 Å². The molecule has 0 bridgehead atoms. The van der Waals surface area contributed by atoms with Crippen molar-refractivity contribution in [3.05, 3.63) is 35.4 Å². The lowest BCUT2D eigenvalue weighted by Crippen LogP contribution is -2.09. The van der Waals surface area contributed by atoms with E-state index in [1.54, 1.807) is 0 Å². The average molecular weight is 236 g/mol. The summed E-state index contributed by atoms with van der Waals surface area (Å²) in [6.07, 6.45) is 0.659. The highest BCUT2D eigenvalue weighted by Gasteiger charge is 2.24. The quantitative estimate of drug-likeness (QED) is 0.641. The molecular weight excluding hydrogens is 228 g/mol. The summed E-state index contributed by atoms with van der Waals surface area (Å²) in [7, 11) is 0.